The van der Waals surface area contributed by atoms with E-state index in [4.69, 9.17) is 0 Å². The summed E-state index contributed by atoms with van der Waals surface area (Å²) in [6, 6.07) is 10.2. The van der Waals surface area contributed by atoms with Crippen LogP contribution >= 0.6 is 27.3 Å². The van der Waals surface area contributed by atoms with Gasteiger partial charge < -0.3 is 10.4 Å². The molecule has 1 amide bonds. The molecule has 0 unspecified atom stereocenters. The fourth-order valence-electron chi connectivity index (χ4n) is 1.79. The highest BCUT2D eigenvalue weighted by Gasteiger charge is 2.09. The number of phenols is 1. The number of amides is 1. The Morgan fingerprint density at radius 1 is 1.25 bits per heavy atom. The summed E-state index contributed by atoms with van der Waals surface area (Å²) in [5, 5.41) is 12.4. The molecule has 0 saturated carbocycles. The first-order valence-electron chi connectivity index (χ1n) is 5.76. The summed E-state index contributed by atoms with van der Waals surface area (Å²) < 4.78 is 1.57. The molecule has 2 N–H and O–H groups in total. The van der Waals surface area contributed by atoms with Crippen molar-refractivity contribution in [1.82, 2.24) is 4.98 Å². The second-order valence-electron chi connectivity index (χ2n) is 4.16. The molecular weight excluding hydrogens is 340 g/mol. The van der Waals surface area contributed by atoms with E-state index in [1.165, 1.54) is 17.4 Å². The van der Waals surface area contributed by atoms with Crippen molar-refractivity contribution in [3.05, 3.63) is 51.9 Å². The van der Waals surface area contributed by atoms with E-state index in [0.717, 1.165) is 10.2 Å². The van der Waals surface area contributed by atoms with Crippen molar-refractivity contribution in [2.24, 2.45) is 0 Å². The maximum atomic E-state index is 12.1. The maximum absolute atomic E-state index is 12.1. The zero-order valence-electron chi connectivity index (χ0n) is 10.1. The zero-order chi connectivity index (χ0) is 14.1. The van der Waals surface area contributed by atoms with Crippen LogP contribution in [0.3, 0.4) is 0 Å². The number of rotatable bonds is 2. The summed E-state index contributed by atoms with van der Waals surface area (Å²) in [4.78, 5) is 16.3. The number of hydrogen-bond acceptors (Lipinski definition) is 4. The van der Waals surface area contributed by atoms with Gasteiger partial charge in [0.1, 0.15) is 5.75 Å². The van der Waals surface area contributed by atoms with Gasteiger partial charge in [-0.05, 0) is 52.3 Å². The van der Waals surface area contributed by atoms with Gasteiger partial charge in [0, 0.05) is 11.3 Å². The van der Waals surface area contributed by atoms with E-state index in [2.05, 4.69) is 26.2 Å². The maximum Gasteiger partial charge on any atom is 0.255 e. The van der Waals surface area contributed by atoms with Gasteiger partial charge in [0.2, 0.25) is 0 Å². The molecule has 1 heterocycles. The van der Waals surface area contributed by atoms with Crippen LogP contribution in [0.15, 0.2) is 46.4 Å². The number of carbonyl (C=O) groups is 1. The molecule has 0 spiro atoms. The van der Waals surface area contributed by atoms with E-state index in [9.17, 15) is 9.90 Å². The van der Waals surface area contributed by atoms with Crippen LogP contribution in [-0.4, -0.2) is 16.0 Å². The van der Waals surface area contributed by atoms with Crippen molar-refractivity contribution >= 4 is 49.1 Å². The molecular formula is C14H9BrN2O2S. The lowest BCUT2D eigenvalue weighted by Gasteiger charge is -2.06. The number of nitrogens with zero attached hydrogens (tertiary/aromatic N) is 1. The van der Waals surface area contributed by atoms with Crippen LogP contribution in [0.25, 0.3) is 10.2 Å². The Hall–Kier alpha value is -1.92. The first-order chi connectivity index (χ1) is 9.63. The van der Waals surface area contributed by atoms with E-state index in [1.54, 1.807) is 23.7 Å². The van der Waals surface area contributed by atoms with Gasteiger partial charge in [-0.3, -0.25) is 4.79 Å². The monoisotopic (exact) mass is 348 g/mol. The first-order valence-corrected chi connectivity index (χ1v) is 7.44. The van der Waals surface area contributed by atoms with E-state index in [-0.39, 0.29) is 11.7 Å². The summed E-state index contributed by atoms with van der Waals surface area (Å²) in [5.74, 6) is -0.229. The van der Waals surface area contributed by atoms with E-state index in [0.29, 0.717) is 15.7 Å². The molecule has 4 nitrogen and oxygen atoms in total. The van der Waals surface area contributed by atoms with Gasteiger partial charge in [0.15, 0.2) is 0 Å². The fraction of sp³-hybridized carbons (Fsp3) is 0. The van der Waals surface area contributed by atoms with Crippen molar-refractivity contribution < 1.29 is 9.90 Å². The molecule has 3 rings (SSSR count). The second-order valence-corrected chi connectivity index (χ2v) is 5.90. The van der Waals surface area contributed by atoms with Crippen LogP contribution in [0.2, 0.25) is 0 Å². The standard InChI is InChI=1S/C14H9BrN2O2S/c15-10-3-1-8(5-12(10)18)14(19)17-9-2-4-11-13(6-9)20-7-16-11/h1-7,18H,(H,17,19). The van der Waals surface area contributed by atoms with Gasteiger partial charge in [-0.25, -0.2) is 4.98 Å². The third-order valence-corrected chi connectivity index (χ3v) is 4.26. The number of thiazole rings is 1. The van der Waals surface area contributed by atoms with Gasteiger partial charge >= 0.3 is 0 Å². The molecule has 0 aliphatic carbocycles. The number of anilines is 1. The molecule has 0 fully saturated rings. The number of aromatic nitrogens is 1. The minimum Gasteiger partial charge on any atom is -0.507 e. The van der Waals surface area contributed by atoms with Crippen LogP contribution in [-0.2, 0) is 0 Å². The van der Waals surface area contributed by atoms with Gasteiger partial charge in [-0.2, -0.15) is 0 Å². The SMILES string of the molecule is O=C(Nc1ccc2ncsc2c1)c1ccc(Br)c(O)c1. The predicted octanol–water partition coefficient (Wildman–Crippen LogP) is 4.02. The molecule has 3 aromatic rings. The van der Waals surface area contributed by atoms with Crippen molar-refractivity contribution in [1.29, 1.82) is 0 Å². The Kier molecular flexibility index (Phi) is 3.42. The highest BCUT2D eigenvalue weighted by atomic mass is 79.9. The molecule has 0 bridgehead atoms. The first kappa shape index (κ1) is 13.1. The average molecular weight is 349 g/mol. The van der Waals surface area contributed by atoms with E-state index in [1.807, 2.05) is 12.1 Å². The summed E-state index contributed by atoms with van der Waals surface area (Å²) in [6.07, 6.45) is 0. The quantitative estimate of drug-likeness (QED) is 0.735. The van der Waals surface area contributed by atoms with E-state index >= 15 is 0 Å². The summed E-state index contributed by atoms with van der Waals surface area (Å²) in [5.41, 5.74) is 3.78. The van der Waals surface area contributed by atoms with Gasteiger partial charge in [0.25, 0.3) is 5.91 Å². The molecule has 0 atom stereocenters. The number of fused-ring (bicyclic) bond motifs is 1. The Bertz CT molecular complexity index is 801. The third kappa shape index (κ3) is 2.52. The van der Waals surface area contributed by atoms with E-state index < -0.39 is 0 Å². The molecule has 6 heteroatoms. The van der Waals surface area contributed by atoms with Crippen molar-refractivity contribution in [2.75, 3.05) is 5.32 Å². The second kappa shape index (κ2) is 5.22. The normalized spacial score (nSPS) is 10.7. The highest BCUT2D eigenvalue weighted by molar-refractivity contribution is 9.10. The van der Waals surface area contributed by atoms with Crippen LogP contribution in [0.4, 0.5) is 5.69 Å². The zero-order valence-corrected chi connectivity index (χ0v) is 12.5. The van der Waals surface area contributed by atoms with Crippen molar-refractivity contribution in [3.8, 4) is 5.75 Å². The van der Waals surface area contributed by atoms with Crippen molar-refractivity contribution in [2.45, 2.75) is 0 Å². The lowest BCUT2D eigenvalue weighted by Crippen LogP contribution is -2.11. The topological polar surface area (TPSA) is 62.2 Å². The highest BCUT2D eigenvalue weighted by Crippen LogP contribution is 2.25. The lowest BCUT2D eigenvalue weighted by molar-refractivity contribution is 0.102. The van der Waals surface area contributed by atoms with Crippen LogP contribution in [0.1, 0.15) is 10.4 Å². The number of aromatic hydroxyl groups is 1. The van der Waals surface area contributed by atoms with Crippen LogP contribution in [0, 0.1) is 0 Å². The Labute approximate surface area is 127 Å². The Morgan fingerprint density at radius 2 is 2.10 bits per heavy atom. The predicted molar refractivity (Wildman–Crippen MR) is 83.4 cm³/mol. The molecule has 20 heavy (non-hydrogen) atoms. The van der Waals surface area contributed by atoms with Crippen molar-refractivity contribution in [3.63, 3.8) is 0 Å². The summed E-state index contributed by atoms with van der Waals surface area (Å²) >= 11 is 4.70. The molecule has 0 aliphatic rings. The fourth-order valence-corrected chi connectivity index (χ4v) is 2.75. The smallest absolute Gasteiger partial charge is 0.255 e. The van der Waals surface area contributed by atoms with Gasteiger partial charge in [0.05, 0.1) is 20.2 Å². The minimum absolute atomic E-state index is 0.0376. The number of nitrogens with one attached hydrogen (secondary N) is 1. The number of hydrogen-bond donors (Lipinski definition) is 2. The van der Waals surface area contributed by atoms with Gasteiger partial charge in [-0.1, -0.05) is 0 Å². The molecule has 1 aromatic heterocycles. The molecule has 0 radical (unpaired) electrons. The summed E-state index contributed by atoms with van der Waals surface area (Å²) in [6.45, 7) is 0. The Balaban J connectivity index is 1.85. The van der Waals surface area contributed by atoms with Crippen LogP contribution in [0.5, 0.6) is 5.75 Å². The number of phenolic OH excluding ortho intramolecular Hbond substituents is 1. The Morgan fingerprint density at radius 3 is 2.90 bits per heavy atom. The summed E-state index contributed by atoms with van der Waals surface area (Å²) in [7, 11) is 0. The number of carbonyl (C=O) groups excluding carboxylic acids is 1. The third-order valence-electron chi connectivity index (χ3n) is 2.80. The molecule has 0 aliphatic heterocycles. The van der Waals surface area contributed by atoms with Crippen LogP contribution < -0.4 is 5.32 Å². The average Bonchev–Trinajstić information content (AvgIpc) is 2.89. The lowest BCUT2D eigenvalue weighted by atomic mass is 10.2. The largest absolute Gasteiger partial charge is 0.507 e. The number of halogens is 1. The molecule has 2 aromatic carbocycles. The number of benzene rings is 2. The molecule has 0 saturated heterocycles. The minimum atomic E-state index is -0.267. The van der Waals surface area contributed by atoms with Gasteiger partial charge in [-0.15, -0.1) is 11.3 Å². The molecule has 100 valence electrons.